The van der Waals surface area contributed by atoms with Gasteiger partial charge in [0, 0.05) is 0 Å². The van der Waals surface area contributed by atoms with E-state index in [1.165, 1.54) is 0 Å². The normalized spacial score (nSPS) is 14.6. The van der Waals surface area contributed by atoms with Gasteiger partial charge in [0.25, 0.3) is 0 Å². The van der Waals surface area contributed by atoms with Crippen molar-refractivity contribution < 1.29 is 43.7 Å². The molecule has 1 unspecified atom stereocenters. The monoisotopic (exact) mass is 421 g/mol. The lowest BCUT2D eigenvalue weighted by molar-refractivity contribution is -0.300. The zero-order chi connectivity index (χ0) is 21.2. The number of halogens is 7. The summed E-state index contributed by atoms with van der Waals surface area (Å²) in [6.45, 7) is 1.91. The van der Waals surface area contributed by atoms with E-state index < -0.39 is 39.8 Å². The van der Waals surface area contributed by atoms with Crippen LogP contribution in [0.1, 0.15) is 51.9 Å². The van der Waals surface area contributed by atoms with Crippen LogP contribution in [0.3, 0.4) is 0 Å². The van der Waals surface area contributed by atoms with Crippen molar-refractivity contribution in [1.82, 2.24) is 5.32 Å². The molecule has 0 spiro atoms. The van der Waals surface area contributed by atoms with Crippen LogP contribution in [-0.4, -0.2) is 50.3 Å². The summed E-state index contributed by atoms with van der Waals surface area (Å²) in [6, 6.07) is 0. The van der Waals surface area contributed by atoms with Crippen molar-refractivity contribution >= 4 is 10.1 Å². The van der Waals surface area contributed by atoms with Gasteiger partial charge in [0.05, 0.1) is 0 Å². The zero-order valence-electron chi connectivity index (χ0n) is 14.8. The molecular formula is C14H26F7NO3S. The molecule has 2 N–H and O–H groups in total. The molecular weight excluding hydrogens is 395 g/mol. The number of hydrogen-bond acceptors (Lipinski definition) is 3. The summed E-state index contributed by atoms with van der Waals surface area (Å²) in [5.74, 6) is -12.5. The van der Waals surface area contributed by atoms with Gasteiger partial charge in [-0.25, -0.2) is 4.39 Å². The first-order valence-corrected chi connectivity index (χ1v) is 9.42. The van der Waals surface area contributed by atoms with Gasteiger partial charge < -0.3 is 5.32 Å². The smallest absolute Gasteiger partial charge is 0.323 e. The van der Waals surface area contributed by atoms with Crippen LogP contribution in [0.2, 0.25) is 0 Å². The van der Waals surface area contributed by atoms with Gasteiger partial charge in [-0.15, -0.1) is 0 Å². The maximum Gasteiger partial charge on any atom is 0.438 e. The Labute approximate surface area is 149 Å². The lowest BCUT2D eigenvalue weighted by Crippen LogP contribution is -2.61. The maximum absolute atomic E-state index is 13.3. The van der Waals surface area contributed by atoms with Crippen LogP contribution in [-0.2, 0) is 10.1 Å². The molecule has 0 heterocycles. The van der Waals surface area contributed by atoms with Crippen molar-refractivity contribution in [2.75, 3.05) is 14.1 Å². The van der Waals surface area contributed by atoms with Gasteiger partial charge in [0.2, 0.25) is 0 Å². The van der Waals surface area contributed by atoms with Crippen LogP contribution >= 0.6 is 0 Å². The van der Waals surface area contributed by atoms with Gasteiger partial charge in [-0.05, 0) is 20.5 Å². The van der Waals surface area contributed by atoms with E-state index in [0.29, 0.717) is 6.42 Å². The van der Waals surface area contributed by atoms with Crippen LogP contribution in [0.25, 0.3) is 0 Å². The van der Waals surface area contributed by atoms with Crippen molar-refractivity contribution in [3.63, 3.8) is 0 Å². The molecule has 26 heavy (non-hydrogen) atoms. The molecule has 160 valence electrons. The second kappa shape index (κ2) is 11.3. The van der Waals surface area contributed by atoms with E-state index in [0.717, 1.165) is 19.3 Å². The second-order valence-electron chi connectivity index (χ2n) is 5.71. The second-order valence-corrected chi connectivity index (χ2v) is 7.18. The highest BCUT2D eigenvalue weighted by Gasteiger charge is 2.79. The van der Waals surface area contributed by atoms with Gasteiger partial charge >= 0.3 is 27.2 Å². The first kappa shape index (κ1) is 27.6. The Morgan fingerprint density at radius 2 is 1.31 bits per heavy atom. The SMILES string of the molecule is CCCCCCCCC(F)C(F)(F)C(F)(F)C(F)(F)S(=O)(=O)O.CNC. The minimum atomic E-state index is -6.84. The third kappa shape index (κ3) is 7.18. The van der Waals surface area contributed by atoms with Crippen molar-refractivity contribution in [3.8, 4) is 0 Å². The van der Waals surface area contributed by atoms with E-state index >= 15 is 0 Å². The van der Waals surface area contributed by atoms with Crippen molar-refractivity contribution in [3.05, 3.63) is 0 Å². The highest BCUT2D eigenvalue weighted by Crippen LogP contribution is 2.50. The summed E-state index contributed by atoms with van der Waals surface area (Å²) in [5.41, 5.74) is 0. The fraction of sp³-hybridized carbons (Fsp3) is 1.00. The highest BCUT2D eigenvalue weighted by molar-refractivity contribution is 7.87. The third-order valence-corrected chi connectivity index (χ3v) is 4.22. The maximum atomic E-state index is 13.3. The van der Waals surface area contributed by atoms with E-state index in [9.17, 15) is 39.2 Å². The van der Waals surface area contributed by atoms with Crippen molar-refractivity contribution in [1.29, 1.82) is 0 Å². The fourth-order valence-electron chi connectivity index (χ4n) is 1.84. The van der Waals surface area contributed by atoms with E-state index in [2.05, 4.69) is 5.32 Å². The lowest BCUT2D eigenvalue weighted by atomic mass is 10.0. The lowest BCUT2D eigenvalue weighted by Gasteiger charge is -2.32. The summed E-state index contributed by atoms with van der Waals surface area (Å²) in [5, 5.41) is -3.75. The Morgan fingerprint density at radius 3 is 1.69 bits per heavy atom. The quantitative estimate of drug-likeness (QED) is 0.289. The van der Waals surface area contributed by atoms with Gasteiger partial charge in [0.15, 0.2) is 6.17 Å². The number of alkyl halides is 7. The number of hydrogen-bond donors (Lipinski definition) is 2. The molecule has 0 fully saturated rings. The molecule has 0 aliphatic heterocycles. The van der Waals surface area contributed by atoms with Gasteiger partial charge in [-0.2, -0.15) is 34.8 Å². The van der Waals surface area contributed by atoms with E-state index in [4.69, 9.17) is 4.55 Å². The highest BCUT2D eigenvalue weighted by atomic mass is 32.2. The van der Waals surface area contributed by atoms with Crippen LogP contribution in [0.5, 0.6) is 0 Å². The van der Waals surface area contributed by atoms with Crippen LogP contribution < -0.4 is 5.32 Å². The Balaban J connectivity index is 0. The number of rotatable bonds is 11. The largest absolute Gasteiger partial charge is 0.438 e. The molecule has 0 radical (unpaired) electrons. The first-order chi connectivity index (χ1) is 11.6. The molecule has 0 saturated carbocycles. The molecule has 0 bridgehead atoms. The molecule has 0 aromatic carbocycles. The molecule has 0 saturated heterocycles. The van der Waals surface area contributed by atoms with E-state index in [1.54, 1.807) is 0 Å². The minimum Gasteiger partial charge on any atom is -0.323 e. The van der Waals surface area contributed by atoms with Crippen LogP contribution in [0.15, 0.2) is 0 Å². The molecule has 0 aliphatic carbocycles. The number of nitrogens with one attached hydrogen (secondary N) is 1. The van der Waals surface area contributed by atoms with Gasteiger partial charge in [-0.3, -0.25) is 4.55 Å². The molecule has 0 aromatic rings. The third-order valence-electron chi connectivity index (χ3n) is 3.31. The molecule has 12 heteroatoms. The molecule has 1 atom stereocenters. The van der Waals surface area contributed by atoms with Gasteiger partial charge in [0.1, 0.15) is 0 Å². The van der Waals surface area contributed by atoms with Crippen molar-refractivity contribution in [2.24, 2.45) is 0 Å². The Morgan fingerprint density at radius 1 is 0.923 bits per heavy atom. The zero-order valence-corrected chi connectivity index (χ0v) is 15.7. The standard InChI is InChI=1S/C12H19F7O3S.C2H7N/c1-2-3-4-5-6-7-8-9(13)10(14,15)11(16,17)12(18,19)23(20,21)22;1-3-2/h9H,2-8H2,1H3,(H,20,21,22);3H,1-2H3. The predicted octanol–water partition coefficient (Wildman–Crippen LogP) is 4.66. The summed E-state index contributed by atoms with van der Waals surface area (Å²) in [4.78, 5) is 0. The molecule has 0 aliphatic rings. The summed E-state index contributed by atoms with van der Waals surface area (Å²) < 4.78 is 120. The van der Waals surface area contributed by atoms with Gasteiger partial charge in [-0.1, -0.05) is 45.4 Å². The Hall–Kier alpha value is -0.620. The molecule has 0 aromatic heterocycles. The number of unbranched alkanes of at least 4 members (excludes halogenated alkanes) is 5. The summed E-state index contributed by atoms with van der Waals surface area (Å²) >= 11 is 0. The Bertz CT molecular complexity index is 487. The van der Waals surface area contributed by atoms with E-state index in [1.807, 2.05) is 21.0 Å². The van der Waals surface area contributed by atoms with E-state index in [-0.39, 0.29) is 12.8 Å². The molecule has 0 amide bonds. The fourth-order valence-corrected chi connectivity index (χ4v) is 2.30. The molecule has 4 nitrogen and oxygen atoms in total. The molecule has 0 rings (SSSR count). The summed E-state index contributed by atoms with van der Waals surface area (Å²) in [6.07, 6.45) is -1.77. The van der Waals surface area contributed by atoms with Crippen LogP contribution in [0.4, 0.5) is 30.7 Å². The Kier molecular flexibility index (Phi) is 12.0. The average Bonchev–Trinajstić information content (AvgIpc) is 2.49. The topological polar surface area (TPSA) is 66.4 Å². The summed E-state index contributed by atoms with van der Waals surface area (Å²) in [7, 11) is -3.09. The minimum absolute atomic E-state index is 0.242. The van der Waals surface area contributed by atoms with Crippen molar-refractivity contribution in [2.45, 2.75) is 75.1 Å². The predicted molar refractivity (Wildman–Crippen MR) is 84.3 cm³/mol. The van der Waals surface area contributed by atoms with Crippen LogP contribution in [0, 0.1) is 0 Å². The average molecular weight is 421 g/mol. The first-order valence-electron chi connectivity index (χ1n) is 7.98.